The molecule has 0 bridgehead atoms. The third kappa shape index (κ3) is 29.3. The predicted octanol–water partition coefficient (Wildman–Crippen LogP) is 9.67. The molecule has 0 radical (unpaired) electrons. The molecule has 1 saturated carbocycles. The van der Waals surface area contributed by atoms with Gasteiger partial charge in [-0.15, -0.1) is 0 Å². The van der Waals surface area contributed by atoms with Crippen LogP contribution in [0.3, 0.4) is 0 Å². The van der Waals surface area contributed by atoms with Gasteiger partial charge in [-0.3, -0.25) is 18.6 Å². The van der Waals surface area contributed by atoms with Crippen LogP contribution in [0, 0.1) is 0 Å². The van der Waals surface area contributed by atoms with E-state index in [1.807, 2.05) is 0 Å². The Balaban J connectivity index is 2.34. The van der Waals surface area contributed by atoms with Crippen molar-refractivity contribution in [1.82, 2.24) is 0 Å². The van der Waals surface area contributed by atoms with E-state index in [4.69, 9.17) is 18.5 Å². The number of rotatable bonds is 41. The number of esters is 2. The molecule has 60 heavy (non-hydrogen) atoms. The highest BCUT2D eigenvalue weighted by Gasteiger charge is 2.51. The van der Waals surface area contributed by atoms with Crippen LogP contribution in [-0.2, 0) is 32.7 Å². The van der Waals surface area contributed by atoms with Crippen LogP contribution in [0.1, 0.15) is 226 Å². The largest absolute Gasteiger partial charge is 0.472 e. The van der Waals surface area contributed by atoms with Crippen LogP contribution in [0.5, 0.6) is 0 Å². The van der Waals surface area contributed by atoms with Gasteiger partial charge in [0, 0.05) is 12.8 Å². The van der Waals surface area contributed by atoms with E-state index < -0.39 is 75.7 Å². The number of aliphatic hydroxyl groups is 5. The van der Waals surface area contributed by atoms with Crippen LogP contribution in [0.2, 0.25) is 0 Å². The molecule has 0 spiro atoms. The third-order valence-corrected chi connectivity index (χ3v) is 12.7. The maximum atomic E-state index is 12.8. The van der Waals surface area contributed by atoms with Gasteiger partial charge in [-0.05, 0) is 12.8 Å². The summed E-state index contributed by atoms with van der Waals surface area (Å²) in [6, 6.07) is 0. The summed E-state index contributed by atoms with van der Waals surface area (Å²) in [7, 11) is -5.11. The first-order valence-corrected chi connectivity index (χ1v) is 25.8. The number of carbonyl (C=O) groups excluding carboxylic acids is 2. The topological polar surface area (TPSA) is 210 Å². The number of phosphoric acid groups is 1. The number of ether oxygens (including phenoxy) is 2. The molecule has 1 rings (SSSR count). The Labute approximate surface area is 363 Å². The van der Waals surface area contributed by atoms with Crippen LogP contribution in [-0.4, -0.2) is 98.3 Å². The molecular formula is C46H89O13P. The van der Waals surface area contributed by atoms with Crippen LogP contribution >= 0.6 is 7.82 Å². The van der Waals surface area contributed by atoms with Crippen LogP contribution < -0.4 is 0 Å². The summed E-state index contributed by atoms with van der Waals surface area (Å²) in [5.74, 6) is -1.09. The molecule has 0 aliphatic heterocycles. The summed E-state index contributed by atoms with van der Waals surface area (Å²) in [5, 5.41) is 50.1. The lowest BCUT2D eigenvalue weighted by atomic mass is 9.85. The minimum Gasteiger partial charge on any atom is -0.462 e. The smallest absolute Gasteiger partial charge is 0.462 e. The van der Waals surface area contributed by atoms with Crippen molar-refractivity contribution >= 4 is 19.8 Å². The Morgan fingerprint density at radius 3 is 1.10 bits per heavy atom. The molecule has 0 aromatic heterocycles. The van der Waals surface area contributed by atoms with E-state index in [9.17, 15) is 44.6 Å². The second-order valence-electron chi connectivity index (χ2n) is 17.3. The lowest BCUT2D eigenvalue weighted by molar-refractivity contribution is -0.220. The van der Waals surface area contributed by atoms with Gasteiger partial charge in [0.05, 0.1) is 6.61 Å². The molecule has 0 amide bonds. The van der Waals surface area contributed by atoms with Crippen molar-refractivity contribution in [3.8, 4) is 0 Å². The Morgan fingerprint density at radius 1 is 0.450 bits per heavy atom. The lowest BCUT2D eigenvalue weighted by Crippen LogP contribution is -2.64. The number of unbranched alkanes of at least 4 members (excludes halogenated alkanes) is 29. The number of carbonyl (C=O) groups is 2. The molecule has 6 unspecified atom stereocenters. The SMILES string of the molecule is CCCCCCCCCCCCCCCCCCCCCCCCC(=O)O[C@H](COC(=O)CCCCCCCCCCC)COP(=O)(O)OC1C(O)C(O)C(O)[C@H](O)C1O. The van der Waals surface area contributed by atoms with Crippen LogP contribution in [0.4, 0.5) is 0 Å². The van der Waals surface area contributed by atoms with E-state index in [-0.39, 0.29) is 12.8 Å². The second kappa shape index (κ2) is 37.2. The molecular weight excluding hydrogens is 791 g/mol. The van der Waals surface area contributed by atoms with Gasteiger partial charge in [-0.1, -0.05) is 200 Å². The molecule has 1 aliphatic carbocycles. The van der Waals surface area contributed by atoms with Crippen molar-refractivity contribution in [3.63, 3.8) is 0 Å². The van der Waals surface area contributed by atoms with E-state index in [2.05, 4.69) is 13.8 Å². The zero-order chi connectivity index (χ0) is 44.3. The molecule has 14 heteroatoms. The monoisotopic (exact) mass is 881 g/mol. The summed E-state index contributed by atoms with van der Waals surface area (Å²) >= 11 is 0. The van der Waals surface area contributed by atoms with Crippen molar-refractivity contribution < 1.29 is 63.1 Å². The molecule has 0 heterocycles. The summed E-state index contributed by atoms with van der Waals surface area (Å²) in [5.41, 5.74) is 0. The molecule has 0 saturated heterocycles. The van der Waals surface area contributed by atoms with E-state index >= 15 is 0 Å². The van der Waals surface area contributed by atoms with Crippen molar-refractivity contribution in [2.24, 2.45) is 0 Å². The maximum absolute atomic E-state index is 12.8. The summed E-state index contributed by atoms with van der Waals surface area (Å²) < 4.78 is 33.5. The summed E-state index contributed by atoms with van der Waals surface area (Å²) in [4.78, 5) is 35.6. The minimum absolute atomic E-state index is 0.105. The summed E-state index contributed by atoms with van der Waals surface area (Å²) in [6.45, 7) is 3.30. The van der Waals surface area contributed by atoms with Gasteiger partial charge in [0.25, 0.3) is 0 Å². The third-order valence-electron chi connectivity index (χ3n) is 11.7. The maximum Gasteiger partial charge on any atom is 0.472 e. The average Bonchev–Trinajstić information content (AvgIpc) is 3.23. The molecule has 8 atom stereocenters. The molecule has 1 aliphatic rings. The minimum atomic E-state index is -5.11. The number of aliphatic hydroxyl groups excluding tert-OH is 5. The first-order valence-electron chi connectivity index (χ1n) is 24.3. The zero-order valence-corrected chi connectivity index (χ0v) is 38.7. The molecule has 356 valence electrons. The standard InChI is InChI=1S/C46H89O13P/c1-3-5-7-9-11-13-14-15-16-17-18-19-20-21-22-23-24-25-27-29-31-33-35-40(48)58-38(36-56-39(47)34-32-30-28-26-12-10-8-6-4-2)37-57-60(54,55)59-46-44(52)42(50)41(49)43(51)45(46)53/h38,41-46,49-53H,3-37H2,1-2H3,(H,54,55)/t38-,41?,42+,43?,44?,45?,46?/m1/s1. The van der Waals surface area contributed by atoms with Crippen LogP contribution in [0.25, 0.3) is 0 Å². The van der Waals surface area contributed by atoms with Gasteiger partial charge < -0.3 is 39.9 Å². The van der Waals surface area contributed by atoms with E-state index in [0.29, 0.717) is 12.8 Å². The van der Waals surface area contributed by atoms with E-state index in [1.165, 1.54) is 148 Å². The Morgan fingerprint density at radius 2 is 0.750 bits per heavy atom. The first-order chi connectivity index (χ1) is 28.9. The zero-order valence-electron chi connectivity index (χ0n) is 37.8. The van der Waals surface area contributed by atoms with Crippen molar-refractivity contribution in [3.05, 3.63) is 0 Å². The quantitative estimate of drug-likeness (QED) is 0.0192. The van der Waals surface area contributed by atoms with Crippen molar-refractivity contribution in [1.29, 1.82) is 0 Å². The fourth-order valence-electron chi connectivity index (χ4n) is 7.76. The fourth-order valence-corrected chi connectivity index (χ4v) is 8.73. The first kappa shape index (κ1) is 56.9. The second-order valence-corrected chi connectivity index (χ2v) is 18.7. The van der Waals surface area contributed by atoms with Gasteiger partial charge in [0.15, 0.2) is 6.10 Å². The predicted molar refractivity (Wildman–Crippen MR) is 235 cm³/mol. The molecule has 0 aromatic rings. The number of hydrogen-bond donors (Lipinski definition) is 6. The highest BCUT2D eigenvalue weighted by Crippen LogP contribution is 2.47. The molecule has 6 N–H and O–H groups in total. The normalized spacial score (nSPS) is 22.1. The fraction of sp³-hybridized carbons (Fsp3) is 0.957. The van der Waals surface area contributed by atoms with Gasteiger partial charge in [0.1, 0.15) is 43.2 Å². The Bertz CT molecular complexity index is 1060. The average molecular weight is 881 g/mol. The molecule has 1 fully saturated rings. The van der Waals surface area contributed by atoms with Gasteiger partial charge >= 0.3 is 19.8 Å². The molecule has 0 aromatic carbocycles. The number of hydrogen-bond acceptors (Lipinski definition) is 12. The van der Waals surface area contributed by atoms with E-state index in [0.717, 1.165) is 38.5 Å². The van der Waals surface area contributed by atoms with E-state index in [1.54, 1.807) is 0 Å². The van der Waals surface area contributed by atoms with Gasteiger partial charge in [-0.2, -0.15) is 0 Å². The highest BCUT2D eigenvalue weighted by atomic mass is 31.2. The lowest BCUT2D eigenvalue weighted by Gasteiger charge is -2.41. The van der Waals surface area contributed by atoms with Crippen molar-refractivity contribution in [2.75, 3.05) is 13.2 Å². The van der Waals surface area contributed by atoms with Crippen LogP contribution in [0.15, 0.2) is 0 Å². The summed E-state index contributed by atoms with van der Waals surface area (Å²) in [6.07, 6.45) is 24.7. The Hall–Kier alpha value is -1.15. The number of phosphoric ester groups is 1. The molecule has 13 nitrogen and oxygen atoms in total. The van der Waals surface area contributed by atoms with Gasteiger partial charge in [-0.25, -0.2) is 4.57 Å². The Kier molecular flexibility index (Phi) is 35.3. The van der Waals surface area contributed by atoms with Gasteiger partial charge in [0.2, 0.25) is 0 Å². The van der Waals surface area contributed by atoms with Crippen molar-refractivity contribution in [2.45, 2.75) is 268 Å². The highest BCUT2D eigenvalue weighted by molar-refractivity contribution is 7.47.